The Bertz CT molecular complexity index is 883. The van der Waals surface area contributed by atoms with Gasteiger partial charge in [-0.15, -0.1) is 0 Å². The van der Waals surface area contributed by atoms with Gasteiger partial charge < -0.3 is 10.1 Å². The Hall–Kier alpha value is -2.22. The van der Waals surface area contributed by atoms with Crippen LogP contribution in [0.1, 0.15) is 47.7 Å². The minimum absolute atomic E-state index is 0.0760. The zero-order valence-corrected chi connectivity index (χ0v) is 17.9. The molecule has 2 N–H and O–H groups in total. The number of nitrogens with one attached hydrogen (secondary N) is 2. The first-order valence-electron chi connectivity index (χ1n) is 9.94. The second-order valence-corrected chi connectivity index (χ2v) is 8.63. The molecule has 1 amide bonds. The van der Waals surface area contributed by atoms with E-state index >= 15 is 0 Å². The van der Waals surface area contributed by atoms with Gasteiger partial charge in [-0.25, -0.2) is 13.1 Å². The summed E-state index contributed by atoms with van der Waals surface area (Å²) in [6.07, 6.45) is 2.84. The van der Waals surface area contributed by atoms with Crippen molar-refractivity contribution in [3.63, 3.8) is 0 Å². The Morgan fingerprint density at radius 1 is 1.03 bits per heavy atom. The SMILES string of the molecule is CCCCOCCCNC(=O)c1cc(S(=O)(=O)NCc2ccccc2)ccc1C. The van der Waals surface area contributed by atoms with Gasteiger partial charge in [0.05, 0.1) is 4.90 Å². The fourth-order valence-corrected chi connectivity index (χ4v) is 3.73. The number of rotatable bonds is 12. The molecular formula is C22H30N2O4S. The third-order valence-corrected chi connectivity index (χ3v) is 5.87. The molecule has 0 bridgehead atoms. The van der Waals surface area contributed by atoms with Gasteiger partial charge in [-0.05, 0) is 43.0 Å². The minimum Gasteiger partial charge on any atom is -0.381 e. The molecule has 0 aromatic heterocycles. The smallest absolute Gasteiger partial charge is 0.251 e. The monoisotopic (exact) mass is 418 g/mol. The summed E-state index contributed by atoms with van der Waals surface area (Å²) in [5.74, 6) is -0.281. The van der Waals surface area contributed by atoms with Crippen LogP contribution in [0, 0.1) is 6.92 Å². The molecule has 0 saturated carbocycles. The van der Waals surface area contributed by atoms with Crippen molar-refractivity contribution in [2.45, 2.75) is 44.6 Å². The normalized spacial score (nSPS) is 11.4. The van der Waals surface area contributed by atoms with Gasteiger partial charge in [-0.2, -0.15) is 0 Å². The van der Waals surface area contributed by atoms with Crippen LogP contribution in [0.2, 0.25) is 0 Å². The maximum Gasteiger partial charge on any atom is 0.251 e. The Labute approximate surface area is 173 Å². The minimum atomic E-state index is -3.72. The second kappa shape index (κ2) is 11.7. The van der Waals surface area contributed by atoms with Crippen LogP contribution in [-0.2, 0) is 21.3 Å². The zero-order chi connectivity index (χ0) is 21.1. The maximum atomic E-state index is 12.6. The van der Waals surface area contributed by atoms with Crippen LogP contribution in [-0.4, -0.2) is 34.1 Å². The Balaban J connectivity index is 1.94. The fraction of sp³-hybridized carbons (Fsp3) is 0.409. The van der Waals surface area contributed by atoms with Gasteiger partial charge in [-0.3, -0.25) is 4.79 Å². The van der Waals surface area contributed by atoms with E-state index in [0.717, 1.165) is 30.6 Å². The lowest BCUT2D eigenvalue weighted by Gasteiger charge is -2.11. The van der Waals surface area contributed by atoms with Crippen LogP contribution in [0.15, 0.2) is 53.4 Å². The van der Waals surface area contributed by atoms with Gasteiger partial charge in [0, 0.05) is 31.9 Å². The molecule has 0 fully saturated rings. The number of unbranched alkanes of at least 4 members (excludes halogenated alkanes) is 1. The van der Waals surface area contributed by atoms with Gasteiger partial charge in [0.15, 0.2) is 0 Å². The first-order chi connectivity index (χ1) is 13.9. The summed E-state index contributed by atoms with van der Waals surface area (Å²) >= 11 is 0. The molecule has 7 heteroatoms. The highest BCUT2D eigenvalue weighted by Crippen LogP contribution is 2.16. The first kappa shape index (κ1) is 23.1. The number of aryl methyl sites for hydroxylation is 1. The van der Waals surface area contributed by atoms with Crippen molar-refractivity contribution in [2.75, 3.05) is 19.8 Å². The van der Waals surface area contributed by atoms with Crippen molar-refractivity contribution in [1.29, 1.82) is 0 Å². The summed E-state index contributed by atoms with van der Waals surface area (Å²) < 4.78 is 33.3. The van der Waals surface area contributed by atoms with Crippen molar-refractivity contribution in [2.24, 2.45) is 0 Å². The van der Waals surface area contributed by atoms with Gasteiger partial charge >= 0.3 is 0 Å². The first-order valence-corrected chi connectivity index (χ1v) is 11.4. The molecule has 0 aliphatic heterocycles. The molecule has 6 nitrogen and oxygen atoms in total. The third-order valence-electron chi connectivity index (χ3n) is 4.47. The quantitative estimate of drug-likeness (QED) is 0.517. The van der Waals surface area contributed by atoms with Gasteiger partial charge in [0.1, 0.15) is 0 Å². The molecule has 0 radical (unpaired) electrons. The predicted octanol–water partition coefficient (Wildman–Crippen LogP) is 3.41. The second-order valence-electron chi connectivity index (χ2n) is 6.86. The molecule has 0 unspecified atom stereocenters. The molecule has 0 aliphatic rings. The van der Waals surface area contributed by atoms with E-state index in [1.165, 1.54) is 12.1 Å². The Morgan fingerprint density at radius 2 is 1.76 bits per heavy atom. The van der Waals surface area contributed by atoms with E-state index in [9.17, 15) is 13.2 Å². The van der Waals surface area contributed by atoms with Crippen LogP contribution in [0.4, 0.5) is 0 Å². The van der Waals surface area contributed by atoms with Gasteiger partial charge in [-0.1, -0.05) is 49.7 Å². The number of sulfonamides is 1. The molecule has 2 rings (SSSR count). The predicted molar refractivity (Wildman–Crippen MR) is 114 cm³/mol. The molecule has 158 valence electrons. The van der Waals surface area contributed by atoms with Crippen molar-refractivity contribution >= 4 is 15.9 Å². The molecule has 2 aromatic carbocycles. The summed E-state index contributed by atoms with van der Waals surface area (Å²) in [7, 11) is -3.72. The number of hydrogen-bond donors (Lipinski definition) is 2. The molecule has 0 aliphatic carbocycles. The van der Waals surface area contributed by atoms with E-state index in [-0.39, 0.29) is 17.3 Å². The molecule has 0 spiro atoms. The Kier molecular flexibility index (Phi) is 9.31. The highest BCUT2D eigenvalue weighted by atomic mass is 32.2. The maximum absolute atomic E-state index is 12.6. The molecule has 0 heterocycles. The number of hydrogen-bond acceptors (Lipinski definition) is 4. The van der Waals surface area contributed by atoms with Crippen molar-refractivity contribution in [1.82, 2.24) is 10.0 Å². The van der Waals surface area contributed by atoms with Crippen LogP contribution in [0.3, 0.4) is 0 Å². The third kappa shape index (κ3) is 7.61. The fourth-order valence-electron chi connectivity index (χ4n) is 2.69. The molecule has 0 saturated heterocycles. The van der Waals surface area contributed by atoms with Gasteiger partial charge in [0.25, 0.3) is 5.91 Å². The molecule has 29 heavy (non-hydrogen) atoms. The van der Waals surface area contributed by atoms with Crippen molar-refractivity contribution < 1.29 is 17.9 Å². The van der Waals surface area contributed by atoms with E-state index in [0.29, 0.717) is 25.1 Å². The molecule has 0 atom stereocenters. The highest BCUT2D eigenvalue weighted by Gasteiger charge is 2.17. The lowest BCUT2D eigenvalue weighted by atomic mass is 10.1. The van der Waals surface area contributed by atoms with E-state index in [2.05, 4.69) is 17.0 Å². The van der Waals surface area contributed by atoms with Gasteiger partial charge in [0.2, 0.25) is 10.0 Å². The summed E-state index contributed by atoms with van der Waals surface area (Å²) in [4.78, 5) is 12.6. The molecule has 2 aromatic rings. The average molecular weight is 419 g/mol. The van der Waals surface area contributed by atoms with E-state index < -0.39 is 10.0 Å². The standard InChI is InChI=1S/C22H30N2O4S/c1-3-4-14-28-15-8-13-23-22(25)21-16-20(12-11-18(21)2)29(26,27)24-17-19-9-6-5-7-10-19/h5-7,9-12,16,24H,3-4,8,13-15,17H2,1-2H3,(H,23,25). The number of ether oxygens (including phenoxy) is 1. The van der Waals surface area contributed by atoms with Crippen molar-refractivity contribution in [3.8, 4) is 0 Å². The lowest BCUT2D eigenvalue weighted by Crippen LogP contribution is -2.27. The summed E-state index contributed by atoms with van der Waals surface area (Å²) in [6.45, 7) is 5.90. The lowest BCUT2D eigenvalue weighted by molar-refractivity contribution is 0.0939. The summed E-state index contributed by atoms with van der Waals surface area (Å²) in [5.41, 5.74) is 1.95. The Morgan fingerprint density at radius 3 is 2.48 bits per heavy atom. The van der Waals surface area contributed by atoms with Crippen LogP contribution < -0.4 is 10.0 Å². The number of carbonyl (C=O) groups is 1. The number of benzene rings is 2. The van der Waals surface area contributed by atoms with E-state index in [4.69, 9.17) is 4.74 Å². The van der Waals surface area contributed by atoms with Crippen LogP contribution >= 0.6 is 0 Å². The zero-order valence-electron chi connectivity index (χ0n) is 17.1. The number of carbonyl (C=O) groups excluding carboxylic acids is 1. The van der Waals surface area contributed by atoms with Crippen LogP contribution in [0.5, 0.6) is 0 Å². The van der Waals surface area contributed by atoms with Crippen molar-refractivity contribution in [3.05, 3.63) is 65.2 Å². The van der Waals surface area contributed by atoms with E-state index in [1.54, 1.807) is 13.0 Å². The topological polar surface area (TPSA) is 84.5 Å². The summed E-state index contributed by atoms with van der Waals surface area (Å²) in [5, 5.41) is 2.83. The summed E-state index contributed by atoms with van der Waals surface area (Å²) in [6, 6.07) is 13.9. The largest absolute Gasteiger partial charge is 0.381 e. The average Bonchev–Trinajstić information content (AvgIpc) is 2.72. The molecular weight excluding hydrogens is 388 g/mol. The highest BCUT2D eigenvalue weighted by molar-refractivity contribution is 7.89. The number of amides is 1. The van der Waals surface area contributed by atoms with E-state index in [1.807, 2.05) is 30.3 Å². The van der Waals surface area contributed by atoms with Crippen LogP contribution in [0.25, 0.3) is 0 Å².